The zero-order valence-electron chi connectivity index (χ0n) is 17.3. The third-order valence-electron chi connectivity index (χ3n) is 4.94. The lowest BCUT2D eigenvalue weighted by molar-refractivity contribution is 0.101. The maximum atomic E-state index is 13.5. The van der Waals surface area contributed by atoms with Crippen molar-refractivity contribution in [3.8, 4) is 17.1 Å². The van der Waals surface area contributed by atoms with E-state index in [1.54, 1.807) is 28.9 Å². The minimum atomic E-state index is -0.461. The molecule has 0 aliphatic rings. The number of halogens is 2. The lowest BCUT2D eigenvalue weighted by atomic mass is 10.1. The number of hydrogen-bond acceptors (Lipinski definition) is 3. The average molecular weight is 435 g/mol. The van der Waals surface area contributed by atoms with E-state index in [4.69, 9.17) is 11.6 Å². The van der Waals surface area contributed by atoms with Gasteiger partial charge >= 0.3 is 0 Å². The second-order valence-corrected chi connectivity index (χ2v) is 7.82. The predicted molar refractivity (Wildman–Crippen MR) is 120 cm³/mol. The lowest BCUT2D eigenvalue weighted by Crippen LogP contribution is -2.15. The molecular weight excluding hydrogens is 415 g/mol. The molecule has 1 N–H and O–H groups in total. The number of carbonyl (C=O) groups is 1. The Bertz CT molecular complexity index is 1280. The molecule has 5 nitrogen and oxygen atoms in total. The van der Waals surface area contributed by atoms with Crippen molar-refractivity contribution >= 4 is 23.2 Å². The van der Waals surface area contributed by atoms with Gasteiger partial charge in [0.2, 0.25) is 5.82 Å². The highest BCUT2D eigenvalue weighted by atomic mass is 35.5. The summed E-state index contributed by atoms with van der Waals surface area (Å²) >= 11 is 6.06. The molecule has 1 aromatic heterocycles. The molecular formula is C24H20ClFN4O. The molecule has 0 spiro atoms. The van der Waals surface area contributed by atoms with Crippen molar-refractivity contribution in [3.63, 3.8) is 0 Å². The minimum absolute atomic E-state index is 0.00123. The van der Waals surface area contributed by atoms with Crippen LogP contribution in [0.2, 0.25) is 5.02 Å². The Morgan fingerprint density at radius 2 is 1.71 bits per heavy atom. The lowest BCUT2D eigenvalue weighted by Gasteiger charge is -2.10. The number of anilines is 1. The molecule has 0 atom stereocenters. The molecule has 0 unspecified atom stereocenters. The molecule has 0 aliphatic heterocycles. The average Bonchev–Trinajstić information content (AvgIpc) is 3.16. The van der Waals surface area contributed by atoms with Crippen molar-refractivity contribution < 1.29 is 9.18 Å². The second kappa shape index (κ2) is 8.32. The number of aromatic nitrogens is 3. The van der Waals surface area contributed by atoms with Gasteiger partial charge in [-0.15, -0.1) is 5.10 Å². The number of aryl methyl sites for hydroxylation is 3. The van der Waals surface area contributed by atoms with Crippen molar-refractivity contribution in [2.75, 3.05) is 5.32 Å². The Morgan fingerprint density at radius 1 is 0.968 bits per heavy atom. The van der Waals surface area contributed by atoms with Crippen LogP contribution in [0.1, 0.15) is 27.3 Å². The summed E-state index contributed by atoms with van der Waals surface area (Å²) in [6, 6.07) is 17.1. The van der Waals surface area contributed by atoms with Crippen LogP contribution in [-0.2, 0) is 0 Å². The smallest absolute Gasteiger partial charge is 0.295 e. The summed E-state index contributed by atoms with van der Waals surface area (Å²) in [6.45, 7) is 5.84. The first-order valence-corrected chi connectivity index (χ1v) is 10.1. The summed E-state index contributed by atoms with van der Waals surface area (Å²) in [4.78, 5) is 17.4. The number of benzene rings is 3. The van der Waals surface area contributed by atoms with Crippen LogP contribution in [0.5, 0.6) is 0 Å². The summed E-state index contributed by atoms with van der Waals surface area (Å²) < 4.78 is 15.1. The van der Waals surface area contributed by atoms with Crippen LogP contribution in [0.4, 0.5) is 10.1 Å². The van der Waals surface area contributed by atoms with E-state index in [9.17, 15) is 9.18 Å². The molecule has 1 amide bonds. The summed E-state index contributed by atoms with van der Waals surface area (Å²) in [5, 5.41) is 7.82. The van der Waals surface area contributed by atoms with Gasteiger partial charge in [-0.05, 0) is 74.4 Å². The SMILES string of the molecule is Cc1ccc(-n2nc(C(=O)Nc3cc(Cl)ccc3C)nc2-c2ccc(F)cc2)c(C)c1. The monoisotopic (exact) mass is 434 g/mol. The van der Waals surface area contributed by atoms with E-state index < -0.39 is 5.91 Å². The first-order valence-electron chi connectivity index (χ1n) is 9.70. The first-order chi connectivity index (χ1) is 14.8. The molecule has 4 rings (SSSR count). The van der Waals surface area contributed by atoms with E-state index in [2.05, 4.69) is 15.4 Å². The molecule has 4 aromatic rings. The van der Waals surface area contributed by atoms with E-state index in [1.807, 2.05) is 45.0 Å². The first kappa shape index (κ1) is 20.8. The Kier molecular flexibility index (Phi) is 5.57. The molecule has 0 radical (unpaired) electrons. The summed E-state index contributed by atoms with van der Waals surface area (Å²) in [7, 11) is 0. The van der Waals surface area contributed by atoms with Crippen LogP contribution in [0.3, 0.4) is 0 Å². The van der Waals surface area contributed by atoms with E-state index in [-0.39, 0.29) is 11.6 Å². The molecule has 0 fully saturated rings. The molecule has 31 heavy (non-hydrogen) atoms. The van der Waals surface area contributed by atoms with Crippen molar-refractivity contribution in [2.24, 2.45) is 0 Å². The van der Waals surface area contributed by atoms with Crippen LogP contribution in [-0.4, -0.2) is 20.7 Å². The van der Waals surface area contributed by atoms with Crippen molar-refractivity contribution in [2.45, 2.75) is 20.8 Å². The molecule has 0 saturated heterocycles. The van der Waals surface area contributed by atoms with Crippen molar-refractivity contribution in [3.05, 3.63) is 94.0 Å². The zero-order chi connectivity index (χ0) is 22.1. The number of nitrogens with zero attached hydrogens (tertiary/aromatic N) is 3. The second-order valence-electron chi connectivity index (χ2n) is 7.38. The highest BCUT2D eigenvalue weighted by Crippen LogP contribution is 2.25. The standard InChI is InChI=1S/C24H20ClFN4O/c1-14-4-11-21(16(3)12-14)30-23(17-6-9-19(26)10-7-17)28-22(29-30)24(31)27-20-13-18(25)8-5-15(20)2/h4-13H,1-3H3,(H,27,31). The highest BCUT2D eigenvalue weighted by Gasteiger charge is 2.20. The van der Waals surface area contributed by atoms with Gasteiger partial charge in [0.15, 0.2) is 5.82 Å². The minimum Gasteiger partial charge on any atom is -0.319 e. The van der Waals surface area contributed by atoms with Gasteiger partial charge in [0.05, 0.1) is 5.69 Å². The number of amides is 1. The number of rotatable bonds is 4. The quantitative estimate of drug-likeness (QED) is 0.434. The maximum absolute atomic E-state index is 13.5. The highest BCUT2D eigenvalue weighted by molar-refractivity contribution is 6.31. The largest absolute Gasteiger partial charge is 0.319 e. The van der Waals surface area contributed by atoms with Gasteiger partial charge in [0, 0.05) is 16.3 Å². The number of nitrogens with one attached hydrogen (secondary N) is 1. The van der Waals surface area contributed by atoms with E-state index in [0.29, 0.717) is 22.1 Å². The third kappa shape index (κ3) is 4.34. The van der Waals surface area contributed by atoms with Gasteiger partial charge in [-0.25, -0.2) is 14.1 Å². The Labute approximate surface area is 184 Å². The number of hydrogen-bond donors (Lipinski definition) is 1. The van der Waals surface area contributed by atoms with Gasteiger partial charge < -0.3 is 5.32 Å². The normalized spacial score (nSPS) is 10.9. The predicted octanol–water partition coefficient (Wildman–Crippen LogP) is 5.90. The van der Waals surface area contributed by atoms with Crippen LogP contribution in [0, 0.1) is 26.6 Å². The summed E-state index contributed by atoms with van der Waals surface area (Å²) in [5.74, 6) is -0.369. The molecule has 3 aromatic carbocycles. The van der Waals surface area contributed by atoms with Crippen LogP contribution < -0.4 is 5.32 Å². The maximum Gasteiger partial charge on any atom is 0.295 e. The van der Waals surface area contributed by atoms with E-state index in [0.717, 1.165) is 22.4 Å². The zero-order valence-corrected chi connectivity index (χ0v) is 18.0. The number of carbonyl (C=O) groups excluding carboxylic acids is 1. The van der Waals surface area contributed by atoms with Crippen LogP contribution in [0.15, 0.2) is 60.7 Å². The van der Waals surface area contributed by atoms with Crippen LogP contribution in [0.25, 0.3) is 17.1 Å². The Morgan fingerprint density at radius 3 is 2.42 bits per heavy atom. The van der Waals surface area contributed by atoms with Gasteiger partial charge in [-0.3, -0.25) is 4.79 Å². The molecule has 7 heteroatoms. The third-order valence-corrected chi connectivity index (χ3v) is 5.18. The fraction of sp³-hybridized carbons (Fsp3) is 0.125. The Hall–Kier alpha value is -3.51. The van der Waals surface area contributed by atoms with Crippen molar-refractivity contribution in [1.29, 1.82) is 0 Å². The van der Waals surface area contributed by atoms with Gasteiger partial charge in [-0.1, -0.05) is 35.4 Å². The Balaban J connectivity index is 1.80. The fourth-order valence-electron chi connectivity index (χ4n) is 3.31. The van der Waals surface area contributed by atoms with Crippen LogP contribution >= 0.6 is 11.6 Å². The molecule has 156 valence electrons. The van der Waals surface area contributed by atoms with E-state index >= 15 is 0 Å². The molecule has 0 bridgehead atoms. The van der Waals surface area contributed by atoms with Crippen molar-refractivity contribution in [1.82, 2.24) is 14.8 Å². The summed E-state index contributed by atoms with van der Waals surface area (Å²) in [5.41, 5.74) is 4.97. The molecule has 0 saturated carbocycles. The molecule has 1 heterocycles. The fourth-order valence-corrected chi connectivity index (χ4v) is 3.48. The van der Waals surface area contributed by atoms with Gasteiger partial charge in [0.1, 0.15) is 5.82 Å². The summed E-state index contributed by atoms with van der Waals surface area (Å²) in [6.07, 6.45) is 0. The van der Waals surface area contributed by atoms with Gasteiger partial charge in [0.25, 0.3) is 5.91 Å². The van der Waals surface area contributed by atoms with E-state index in [1.165, 1.54) is 12.1 Å². The molecule has 0 aliphatic carbocycles. The topological polar surface area (TPSA) is 59.8 Å². The van der Waals surface area contributed by atoms with Gasteiger partial charge in [-0.2, -0.15) is 0 Å².